The Morgan fingerprint density at radius 2 is 2.15 bits per heavy atom. The molecule has 0 unspecified atom stereocenters. The molecule has 20 heavy (non-hydrogen) atoms. The van der Waals surface area contributed by atoms with E-state index in [0.29, 0.717) is 24.9 Å². The predicted octanol–water partition coefficient (Wildman–Crippen LogP) is 0.919. The number of anilines is 2. The molecule has 1 N–H and O–H groups in total. The summed E-state index contributed by atoms with van der Waals surface area (Å²) in [5.41, 5.74) is 0. The van der Waals surface area contributed by atoms with Crippen molar-refractivity contribution >= 4 is 11.8 Å². The van der Waals surface area contributed by atoms with E-state index in [0.717, 1.165) is 25.9 Å². The number of halogens is 1. The molecule has 0 aliphatic carbocycles. The van der Waals surface area contributed by atoms with Gasteiger partial charge in [-0.05, 0) is 12.8 Å². The number of nitrogens with zero attached hydrogens (tertiary/aromatic N) is 6. The molecular weight excluding hydrogens is 261 g/mol. The zero-order chi connectivity index (χ0) is 13.8. The summed E-state index contributed by atoms with van der Waals surface area (Å²) in [5, 5.41) is 7.07. The van der Waals surface area contributed by atoms with E-state index in [4.69, 9.17) is 0 Å². The van der Waals surface area contributed by atoms with Crippen LogP contribution in [0.3, 0.4) is 0 Å². The van der Waals surface area contributed by atoms with Gasteiger partial charge in [-0.25, -0.2) is 14.4 Å². The molecule has 0 radical (unpaired) electrons. The van der Waals surface area contributed by atoms with Gasteiger partial charge < -0.3 is 10.2 Å². The first-order valence-corrected chi connectivity index (χ1v) is 6.67. The summed E-state index contributed by atoms with van der Waals surface area (Å²) in [6.45, 7) is 2.97. The molecule has 3 heterocycles. The second-order valence-electron chi connectivity index (χ2n) is 4.64. The lowest BCUT2D eigenvalue weighted by Crippen LogP contribution is -2.22. The van der Waals surface area contributed by atoms with Crippen molar-refractivity contribution in [2.45, 2.75) is 19.4 Å². The molecule has 3 rings (SSSR count). The fourth-order valence-corrected chi connectivity index (χ4v) is 2.22. The molecule has 0 spiro atoms. The van der Waals surface area contributed by atoms with Gasteiger partial charge in [-0.1, -0.05) is 0 Å². The molecule has 0 bridgehead atoms. The van der Waals surface area contributed by atoms with Crippen molar-refractivity contribution in [1.29, 1.82) is 0 Å². The van der Waals surface area contributed by atoms with Crippen LogP contribution in [0.15, 0.2) is 18.9 Å². The summed E-state index contributed by atoms with van der Waals surface area (Å²) < 4.78 is 15.5. The molecule has 7 nitrogen and oxygen atoms in total. The van der Waals surface area contributed by atoms with Gasteiger partial charge in [-0.15, -0.1) is 0 Å². The monoisotopic (exact) mass is 277 g/mol. The van der Waals surface area contributed by atoms with Gasteiger partial charge in [0.25, 0.3) is 0 Å². The normalized spacial score (nSPS) is 14.8. The van der Waals surface area contributed by atoms with Crippen molar-refractivity contribution in [2.75, 3.05) is 29.9 Å². The van der Waals surface area contributed by atoms with Gasteiger partial charge in [0.15, 0.2) is 11.6 Å². The first-order valence-electron chi connectivity index (χ1n) is 6.67. The quantitative estimate of drug-likeness (QED) is 0.876. The Morgan fingerprint density at radius 3 is 2.90 bits per heavy atom. The highest BCUT2D eigenvalue weighted by Crippen LogP contribution is 2.21. The molecule has 1 fully saturated rings. The van der Waals surface area contributed by atoms with E-state index in [-0.39, 0.29) is 5.82 Å². The van der Waals surface area contributed by atoms with Crippen molar-refractivity contribution in [3.63, 3.8) is 0 Å². The molecule has 2 aromatic heterocycles. The largest absolute Gasteiger partial charge is 0.354 e. The lowest BCUT2D eigenvalue weighted by Gasteiger charge is -2.17. The van der Waals surface area contributed by atoms with Crippen molar-refractivity contribution in [2.24, 2.45) is 0 Å². The Bertz CT molecular complexity index is 551. The van der Waals surface area contributed by atoms with Gasteiger partial charge >= 0.3 is 0 Å². The lowest BCUT2D eigenvalue weighted by atomic mass is 10.4. The fourth-order valence-electron chi connectivity index (χ4n) is 2.22. The highest BCUT2D eigenvalue weighted by Gasteiger charge is 2.18. The van der Waals surface area contributed by atoms with Crippen LogP contribution < -0.4 is 10.2 Å². The minimum atomic E-state index is -0.367. The summed E-state index contributed by atoms with van der Waals surface area (Å²) in [7, 11) is 0. The third-order valence-corrected chi connectivity index (χ3v) is 3.22. The van der Waals surface area contributed by atoms with Crippen molar-refractivity contribution in [3.8, 4) is 0 Å². The molecule has 1 saturated heterocycles. The number of hydrogen-bond acceptors (Lipinski definition) is 6. The number of rotatable bonds is 5. The van der Waals surface area contributed by atoms with Crippen LogP contribution >= 0.6 is 0 Å². The van der Waals surface area contributed by atoms with Crippen LogP contribution in [0.1, 0.15) is 12.8 Å². The summed E-state index contributed by atoms with van der Waals surface area (Å²) in [6.07, 6.45) is 6.51. The van der Waals surface area contributed by atoms with E-state index in [9.17, 15) is 4.39 Å². The maximum absolute atomic E-state index is 13.8. The number of aromatic nitrogens is 5. The van der Waals surface area contributed by atoms with Gasteiger partial charge in [0.2, 0.25) is 5.95 Å². The average Bonchev–Trinajstić information content (AvgIpc) is 3.13. The Morgan fingerprint density at radius 1 is 1.30 bits per heavy atom. The van der Waals surface area contributed by atoms with Gasteiger partial charge in [-0.3, -0.25) is 4.68 Å². The maximum atomic E-state index is 13.8. The number of hydrogen-bond donors (Lipinski definition) is 1. The molecule has 0 amide bonds. The minimum absolute atomic E-state index is 0.367. The van der Waals surface area contributed by atoms with Crippen molar-refractivity contribution < 1.29 is 4.39 Å². The van der Waals surface area contributed by atoms with Gasteiger partial charge in [-0.2, -0.15) is 10.1 Å². The smallest absolute Gasteiger partial charge is 0.224 e. The Balaban J connectivity index is 1.63. The summed E-state index contributed by atoms with van der Waals surface area (Å²) in [5.74, 6) is 0.461. The van der Waals surface area contributed by atoms with Crippen molar-refractivity contribution in [3.05, 3.63) is 24.7 Å². The topological polar surface area (TPSA) is 71.8 Å². The standard InChI is InChI=1S/C12H16FN7/c13-10-7-16-12(15-3-6-20-9-14-8-17-20)18-11(10)19-4-1-2-5-19/h7-9H,1-6H2,(H,15,16,18). The molecule has 2 aromatic rings. The van der Waals surface area contributed by atoms with Crippen LogP contribution in [-0.2, 0) is 6.54 Å². The second-order valence-corrected chi connectivity index (χ2v) is 4.64. The van der Waals surface area contributed by atoms with E-state index < -0.39 is 0 Å². The molecule has 1 aliphatic rings. The Hall–Kier alpha value is -2.25. The van der Waals surface area contributed by atoms with Crippen molar-refractivity contribution in [1.82, 2.24) is 24.7 Å². The molecule has 0 atom stereocenters. The zero-order valence-electron chi connectivity index (χ0n) is 11.0. The Labute approximate surface area is 115 Å². The number of nitrogens with one attached hydrogen (secondary N) is 1. The second kappa shape index (κ2) is 5.81. The van der Waals surface area contributed by atoms with Gasteiger partial charge in [0, 0.05) is 19.6 Å². The van der Waals surface area contributed by atoms with E-state index in [1.807, 2.05) is 4.90 Å². The fraction of sp³-hybridized carbons (Fsp3) is 0.500. The summed E-state index contributed by atoms with van der Waals surface area (Å²) in [6, 6.07) is 0. The van der Waals surface area contributed by atoms with E-state index in [1.54, 1.807) is 11.0 Å². The zero-order valence-corrected chi connectivity index (χ0v) is 11.0. The predicted molar refractivity (Wildman–Crippen MR) is 71.9 cm³/mol. The highest BCUT2D eigenvalue weighted by molar-refractivity contribution is 5.44. The summed E-state index contributed by atoms with van der Waals surface area (Å²) in [4.78, 5) is 14.0. The van der Waals surface area contributed by atoms with Crippen LogP contribution in [0.4, 0.5) is 16.2 Å². The third kappa shape index (κ3) is 2.84. The molecular formula is C12H16FN7. The first-order chi connectivity index (χ1) is 9.83. The minimum Gasteiger partial charge on any atom is -0.354 e. The third-order valence-electron chi connectivity index (χ3n) is 3.22. The molecule has 8 heteroatoms. The molecule has 1 aliphatic heterocycles. The Kier molecular flexibility index (Phi) is 3.71. The highest BCUT2D eigenvalue weighted by atomic mass is 19.1. The van der Waals surface area contributed by atoms with Crippen LogP contribution in [0, 0.1) is 5.82 Å². The SMILES string of the molecule is Fc1cnc(NCCn2cncn2)nc1N1CCCC1. The lowest BCUT2D eigenvalue weighted by molar-refractivity contribution is 0.606. The molecule has 0 aromatic carbocycles. The summed E-state index contributed by atoms with van der Waals surface area (Å²) >= 11 is 0. The van der Waals surface area contributed by atoms with Gasteiger partial charge in [0.05, 0.1) is 12.7 Å². The van der Waals surface area contributed by atoms with E-state index in [2.05, 4.69) is 25.4 Å². The molecule has 106 valence electrons. The first kappa shape index (κ1) is 12.8. The van der Waals surface area contributed by atoms with Crippen LogP contribution in [0.2, 0.25) is 0 Å². The molecule has 0 saturated carbocycles. The van der Waals surface area contributed by atoms with Crippen LogP contribution in [-0.4, -0.2) is 44.4 Å². The maximum Gasteiger partial charge on any atom is 0.224 e. The average molecular weight is 277 g/mol. The van der Waals surface area contributed by atoms with E-state index in [1.165, 1.54) is 12.5 Å². The van der Waals surface area contributed by atoms with Crippen LogP contribution in [0.25, 0.3) is 0 Å². The van der Waals surface area contributed by atoms with Crippen LogP contribution in [0.5, 0.6) is 0 Å². The van der Waals surface area contributed by atoms with Gasteiger partial charge in [0.1, 0.15) is 12.7 Å². The van der Waals surface area contributed by atoms with E-state index >= 15 is 0 Å².